The van der Waals surface area contributed by atoms with Crippen molar-refractivity contribution in [3.05, 3.63) is 63.1 Å². The van der Waals surface area contributed by atoms with E-state index in [9.17, 15) is 4.79 Å². The smallest absolute Gasteiger partial charge is 0.251 e. The molecule has 0 saturated carbocycles. The van der Waals surface area contributed by atoms with E-state index in [0.717, 1.165) is 5.56 Å². The maximum Gasteiger partial charge on any atom is 0.251 e. The number of benzene rings is 2. The topological polar surface area (TPSA) is 55.1 Å². The first-order valence-corrected chi connectivity index (χ1v) is 6.81. The first kappa shape index (κ1) is 13.9. The van der Waals surface area contributed by atoms with Crippen LogP contribution in [0.25, 0.3) is 0 Å². The summed E-state index contributed by atoms with van der Waals surface area (Å²) in [5.74, 6) is -0.152. The van der Waals surface area contributed by atoms with Crippen LogP contribution in [0.2, 0.25) is 5.02 Å². The summed E-state index contributed by atoms with van der Waals surface area (Å²) in [5, 5.41) is 3.48. The molecular weight excluding hydrogens is 328 g/mol. The number of nitrogens with one attached hydrogen (secondary N) is 1. The summed E-state index contributed by atoms with van der Waals surface area (Å²) < 4.78 is 0.711. The van der Waals surface area contributed by atoms with Crippen LogP contribution in [-0.4, -0.2) is 5.91 Å². The van der Waals surface area contributed by atoms with Gasteiger partial charge in [-0.1, -0.05) is 23.7 Å². The number of carbonyl (C=O) groups excluding carboxylic acids is 1. The molecule has 0 unspecified atom stereocenters. The second-order valence-electron chi connectivity index (χ2n) is 4.05. The zero-order valence-electron chi connectivity index (χ0n) is 9.99. The summed E-state index contributed by atoms with van der Waals surface area (Å²) in [6.45, 7) is 0.432. The molecule has 2 rings (SSSR count). The molecule has 0 aliphatic heterocycles. The normalized spacial score (nSPS) is 10.2. The van der Waals surface area contributed by atoms with Gasteiger partial charge in [0.15, 0.2) is 0 Å². The fraction of sp³-hybridized carbons (Fsp3) is 0.0714. The highest BCUT2D eigenvalue weighted by Gasteiger charge is 2.07. The highest BCUT2D eigenvalue weighted by atomic mass is 79.9. The van der Waals surface area contributed by atoms with Crippen LogP contribution in [0.1, 0.15) is 15.9 Å². The molecule has 0 heterocycles. The summed E-state index contributed by atoms with van der Waals surface area (Å²) in [7, 11) is 0. The average Bonchev–Trinajstić information content (AvgIpc) is 2.39. The van der Waals surface area contributed by atoms with Gasteiger partial charge in [0.2, 0.25) is 0 Å². The zero-order chi connectivity index (χ0) is 13.8. The Balaban J connectivity index is 2.03. The minimum atomic E-state index is -0.152. The van der Waals surface area contributed by atoms with Crippen LogP contribution in [0.4, 0.5) is 5.69 Å². The van der Waals surface area contributed by atoms with E-state index < -0.39 is 0 Å². The molecule has 0 aromatic heterocycles. The van der Waals surface area contributed by atoms with Gasteiger partial charge in [0.1, 0.15) is 0 Å². The van der Waals surface area contributed by atoms with Crippen LogP contribution < -0.4 is 11.1 Å². The minimum absolute atomic E-state index is 0.152. The van der Waals surface area contributed by atoms with Gasteiger partial charge in [-0.25, -0.2) is 0 Å². The first-order chi connectivity index (χ1) is 9.06. The summed E-state index contributed by atoms with van der Waals surface area (Å²) >= 11 is 9.18. The number of hydrogen-bond acceptors (Lipinski definition) is 2. The van der Waals surface area contributed by atoms with Crippen LogP contribution >= 0.6 is 27.5 Å². The Kier molecular flexibility index (Phi) is 4.45. The molecule has 0 atom stereocenters. The molecule has 2 aromatic rings. The molecule has 98 valence electrons. The molecule has 0 bridgehead atoms. The van der Waals surface area contributed by atoms with Crippen LogP contribution in [0, 0.1) is 0 Å². The second kappa shape index (κ2) is 6.08. The Hall–Kier alpha value is -1.52. The lowest BCUT2D eigenvalue weighted by Gasteiger charge is -2.07. The predicted molar refractivity (Wildman–Crippen MR) is 81.2 cm³/mol. The SMILES string of the molecule is Nc1ccc(C(=O)NCc2cccc(Cl)c2)cc1Br. The van der Waals surface area contributed by atoms with E-state index in [4.69, 9.17) is 17.3 Å². The van der Waals surface area contributed by atoms with Gasteiger partial charge in [0.05, 0.1) is 0 Å². The van der Waals surface area contributed by atoms with E-state index in [-0.39, 0.29) is 5.91 Å². The van der Waals surface area contributed by atoms with Crippen molar-refractivity contribution in [1.82, 2.24) is 5.32 Å². The largest absolute Gasteiger partial charge is 0.398 e. The first-order valence-electron chi connectivity index (χ1n) is 5.64. The number of carbonyl (C=O) groups is 1. The zero-order valence-corrected chi connectivity index (χ0v) is 12.3. The number of halogens is 2. The third kappa shape index (κ3) is 3.72. The second-order valence-corrected chi connectivity index (χ2v) is 5.34. The van der Waals surface area contributed by atoms with Crippen LogP contribution in [0.5, 0.6) is 0 Å². The van der Waals surface area contributed by atoms with E-state index in [1.54, 1.807) is 24.3 Å². The fourth-order valence-corrected chi connectivity index (χ4v) is 2.19. The molecule has 0 aliphatic rings. The standard InChI is InChI=1S/C14H12BrClN2O/c15-12-7-10(4-5-13(12)17)14(19)18-8-9-2-1-3-11(16)6-9/h1-7H,8,17H2,(H,18,19). The van der Waals surface area contributed by atoms with Gasteiger partial charge in [-0.3, -0.25) is 4.79 Å². The van der Waals surface area contributed by atoms with Gasteiger partial charge in [-0.05, 0) is 51.8 Å². The summed E-state index contributed by atoms with van der Waals surface area (Å²) in [6, 6.07) is 12.5. The van der Waals surface area contributed by atoms with Crippen LogP contribution in [-0.2, 0) is 6.54 Å². The number of hydrogen-bond donors (Lipinski definition) is 2. The Morgan fingerprint density at radius 1 is 1.26 bits per heavy atom. The van der Waals surface area contributed by atoms with E-state index >= 15 is 0 Å². The van der Waals surface area contributed by atoms with Crippen molar-refractivity contribution in [2.24, 2.45) is 0 Å². The van der Waals surface area contributed by atoms with Crippen molar-refractivity contribution < 1.29 is 4.79 Å². The molecule has 0 spiro atoms. The van der Waals surface area contributed by atoms with Crippen molar-refractivity contribution in [3.8, 4) is 0 Å². The molecule has 2 aromatic carbocycles. The molecule has 0 saturated heterocycles. The quantitative estimate of drug-likeness (QED) is 0.839. The highest BCUT2D eigenvalue weighted by molar-refractivity contribution is 9.10. The molecule has 0 radical (unpaired) electrons. The summed E-state index contributed by atoms with van der Waals surface area (Å²) in [4.78, 5) is 12.0. The third-order valence-corrected chi connectivity index (χ3v) is 3.53. The van der Waals surface area contributed by atoms with Crippen molar-refractivity contribution >= 4 is 39.1 Å². The minimum Gasteiger partial charge on any atom is -0.398 e. The van der Waals surface area contributed by atoms with Gasteiger partial charge in [0, 0.05) is 27.3 Å². The monoisotopic (exact) mass is 338 g/mol. The van der Waals surface area contributed by atoms with E-state index in [0.29, 0.717) is 27.3 Å². The number of nitrogen functional groups attached to an aromatic ring is 1. The lowest BCUT2D eigenvalue weighted by Crippen LogP contribution is -2.22. The molecule has 19 heavy (non-hydrogen) atoms. The highest BCUT2D eigenvalue weighted by Crippen LogP contribution is 2.20. The predicted octanol–water partition coefficient (Wildman–Crippen LogP) is 3.61. The maximum absolute atomic E-state index is 12.0. The number of rotatable bonds is 3. The molecule has 1 amide bonds. The van der Waals surface area contributed by atoms with Gasteiger partial charge < -0.3 is 11.1 Å². The summed E-state index contributed by atoms with van der Waals surface area (Å²) in [5.41, 5.74) is 7.79. The molecule has 0 aliphatic carbocycles. The van der Waals surface area contributed by atoms with Gasteiger partial charge in [0.25, 0.3) is 5.91 Å². The fourth-order valence-electron chi connectivity index (χ4n) is 1.60. The van der Waals surface area contributed by atoms with Crippen molar-refractivity contribution in [2.75, 3.05) is 5.73 Å². The van der Waals surface area contributed by atoms with E-state index in [1.807, 2.05) is 18.2 Å². The van der Waals surface area contributed by atoms with Gasteiger partial charge in [-0.2, -0.15) is 0 Å². The van der Waals surface area contributed by atoms with Crippen molar-refractivity contribution in [3.63, 3.8) is 0 Å². The molecule has 3 nitrogen and oxygen atoms in total. The number of amides is 1. The summed E-state index contributed by atoms with van der Waals surface area (Å²) in [6.07, 6.45) is 0. The van der Waals surface area contributed by atoms with E-state index in [1.165, 1.54) is 0 Å². The Bertz CT molecular complexity index is 616. The van der Waals surface area contributed by atoms with Crippen LogP contribution in [0.15, 0.2) is 46.9 Å². The Morgan fingerprint density at radius 2 is 2.05 bits per heavy atom. The van der Waals surface area contributed by atoms with Crippen molar-refractivity contribution in [2.45, 2.75) is 6.54 Å². The van der Waals surface area contributed by atoms with Gasteiger partial charge in [-0.15, -0.1) is 0 Å². The number of anilines is 1. The lowest BCUT2D eigenvalue weighted by molar-refractivity contribution is 0.0951. The third-order valence-electron chi connectivity index (χ3n) is 2.60. The van der Waals surface area contributed by atoms with E-state index in [2.05, 4.69) is 21.2 Å². The Morgan fingerprint density at radius 3 is 2.74 bits per heavy atom. The number of nitrogens with two attached hydrogens (primary N) is 1. The molecule has 0 fully saturated rings. The van der Waals surface area contributed by atoms with Gasteiger partial charge >= 0.3 is 0 Å². The lowest BCUT2D eigenvalue weighted by atomic mass is 10.2. The molecule has 5 heteroatoms. The average molecular weight is 340 g/mol. The molecule has 3 N–H and O–H groups in total. The van der Waals surface area contributed by atoms with Crippen LogP contribution in [0.3, 0.4) is 0 Å². The maximum atomic E-state index is 12.0. The Labute approximate surface area is 124 Å². The molecular formula is C14H12BrClN2O. The van der Waals surface area contributed by atoms with Crippen molar-refractivity contribution in [1.29, 1.82) is 0 Å².